The summed E-state index contributed by atoms with van der Waals surface area (Å²) in [7, 11) is 1.67. The number of anilines is 1. The molecule has 1 fully saturated rings. The smallest absolute Gasteiger partial charge is 0.177 e. The molecule has 0 amide bonds. The Hall–Kier alpha value is -2.57. The zero-order valence-electron chi connectivity index (χ0n) is 14.4. The van der Waals surface area contributed by atoms with E-state index in [1.54, 1.807) is 11.8 Å². The summed E-state index contributed by atoms with van der Waals surface area (Å²) in [5.74, 6) is 0.817. The normalized spacial score (nSPS) is 16.8. The minimum absolute atomic E-state index is 0.254. The molecule has 4 rings (SSSR count). The van der Waals surface area contributed by atoms with E-state index in [0.717, 1.165) is 29.2 Å². The van der Waals surface area contributed by atoms with Crippen molar-refractivity contribution in [3.63, 3.8) is 0 Å². The summed E-state index contributed by atoms with van der Waals surface area (Å²) in [4.78, 5) is 2.16. The molecule has 0 radical (unpaired) electrons. The molecule has 2 aromatic carbocycles. The monoisotopic (exact) mass is 370 g/mol. The summed E-state index contributed by atoms with van der Waals surface area (Å²) in [5.41, 5.74) is 2.90. The van der Waals surface area contributed by atoms with Crippen LogP contribution in [0, 0.1) is 0 Å². The van der Waals surface area contributed by atoms with Crippen LogP contribution in [-0.2, 0) is 11.3 Å². The van der Waals surface area contributed by atoms with E-state index in [-0.39, 0.29) is 6.23 Å². The van der Waals surface area contributed by atoms with Gasteiger partial charge in [0.25, 0.3) is 0 Å². The fourth-order valence-electron chi connectivity index (χ4n) is 3.09. The van der Waals surface area contributed by atoms with Crippen LogP contribution in [0.4, 0.5) is 5.69 Å². The molecular weight excluding hydrogens is 352 g/mol. The molecule has 1 aliphatic rings. The predicted molar refractivity (Wildman–Crippen MR) is 99.6 cm³/mol. The molecular formula is C19H19ClN4O2. The van der Waals surface area contributed by atoms with Crippen LogP contribution in [0.15, 0.2) is 54.7 Å². The second-order valence-electron chi connectivity index (χ2n) is 6.09. The van der Waals surface area contributed by atoms with Gasteiger partial charge in [0.1, 0.15) is 11.4 Å². The summed E-state index contributed by atoms with van der Waals surface area (Å²) < 4.78 is 13.0. The molecule has 134 valence electrons. The van der Waals surface area contributed by atoms with Crippen molar-refractivity contribution in [2.24, 2.45) is 0 Å². The van der Waals surface area contributed by atoms with Crippen molar-refractivity contribution in [1.82, 2.24) is 15.0 Å². The van der Waals surface area contributed by atoms with Gasteiger partial charge in [0, 0.05) is 23.3 Å². The van der Waals surface area contributed by atoms with Crippen molar-refractivity contribution < 1.29 is 9.47 Å². The van der Waals surface area contributed by atoms with E-state index in [1.807, 2.05) is 54.7 Å². The molecule has 1 aromatic heterocycles. The van der Waals surface area contributed by atoms with E-state index in [9.17, 15) is 0 Å². The lowest BCUT2D eigenvalue weighted by Gasteiger charge is -2.23. The molecule has 1 aliphatic heterocycles. The van der Waals surface area contributed by atoms with E-state index in [2.05, 4.69) is 15.2 Å². The van der Waals surface area contributed by atoms with Gasteiger partial charge in [-0.1, -0.05) is 35.0 Å². The van der Waals surface area contributed by atoms with E-state index in [4.69, 9.17) is 21.1 Å². The van der Waals surface area contributed by atoms with Gasteiger partial charge in [-0.05, 0) is 29.8 Å². The minimum atomic E-state index is -0.254. The quantitative estimate of drug-likeness (QED) is 0.687. The Morgan fingerprint density at radius 3 is 2.96 bits per heavy atom. The first-order valence-electron chi connectivity index (χ1n) is 8.40. The molecule has 0 aliphatic carbocycles. The van der Waals surface area contributed by atoms with E-state index < -0.39 is 0 Å². The molecule has 1 unspecified atom stereocenters. The van der Waals surface area contributed by atoms with Crippen molar-refractivity contribution in [2.75, 3.05) is 25.2 Å². The summed E-state index contributed by atoms with van der Waals surface area (Å²) in [5, 5.41) is 9.27. The lowest BCUT2D eigenvalue weighted by Crippen LogP contribution is -2.23. The SMILES string of the molecule is COc1cccc(N2CCOC2c2cn(Cc3cccc(Cl)c3)nn2)c1. The van der Waals surface area contributed by atoms with Crippen LogP contribution in [0.25, 0.3) is 0 Å². The van der Waals surface area contributed by atoms with E-state index in [1.165, 1.54) is 0 Å². The fraction of sp³-hybridized carbons (Fsp3) is 0.263. The largest absolute Gasteiger partial charge is 0.497 e. The van der Waals surface area contributed by atoms with Gasteiger partial charge in [-0.25, -0.2) is 4.68 Å². The fourth-order valence-corrected chi connectivity index (χ4v) is 3.31. The highest BCUT2D eigenvalue weighted by atomic mass is 35.5. The summed E-state index contributed by atoms with van der Waals surface area (Å²) in [6.45, 7) is 2.04. The number of ether oxygens (including phenoxy) is 2. The van der Waals surface area contributed by atoms with Gasteiger partial charge in [0.15, 0.2) is 6.23 Å². The number of benzene rings is 2. The number of hydrogen-bond donors (Lipinski definition) is 0. The highest BCUT2D eigenvalue weighted by Gasteiger charge is 2.29. The maximum atomic E-state index is 6.05. The zero-order chi connectivity index (χ0) is 17.9. The number of hydrogen-bond acceptors (Lipinski definition) is 5. The van der Waals surface area contributed by atoms with Crippen LogP contribution in [-0.4, -0.2) is 35.3 Å². The topological polar surface area (TPSA) is 52.4 Å². The number of aromatic nitrogens is 3. The summed E-state index contributed by atoms with van der Waals surface area (Å²) in [6, 6.07) is 15.7. The third kappa shape index (κ3) is 3.52. The Morgan fingerprint density at radius 1 is 1.23 bits per heavy atom. The van der Waals surface area contributed by atoms with Gasteiger partial charge in [-0.3, -0.25) is 0 Å². The molecule has 0 N–H and O–H groups in total. The number of methoxy groups -OCH3 is 1. The maximum Gasteiger partial charge on any atom is 0.177 e. The van der Waals surface area contributed by atoms with Crippen molar-refractivity contribution in [3.8, 4) is 5.75 Å². The number of rotatable bonds is 5. The highest BCUT2D eigenvalue weighted by molar-refractivity contribution is 6.30. The third-order valence-electron chi connectivity index (χ3n) is 4.32. The van der Waals surface area contributed by atoms with Crippen LogP contribution < -0.4 is 9.64 Å². The predicted octanol–water partition coefficient (Wildman–Crippen LogP) is 3.52. The standard InChI is InChI=1S/C19H19ClN4O2/c1-25-17-7-3-6-16(11-17)24-8-9-26-19(24)18-13-23(22-21-18)12-14-4-2-5-15(20)10-14/h2-7,10-11,13,19H,8-9,12H2,1H3. The Balaban J connectivity index is 1.54. The van der Waals surface area contributed by atoms with Gasteiger partial charge in [0.2, 0.25) is 0 Å². The van der Waals surface area contributed by atoms with Gasteiger partial charge < -0.3 is 14.4 Å². The second-order valence-corrected chi connectivity index (χ2v) is 6.53. The maximum absolute atomic E-state index is 6.05. The zero-order valence-corrected chi connectivity index (χ0v) is 15.1. The van der Waals surface area contributed by atoms with E-state index in [0.29, 0.717) is 18.2 Å². The molecule has 0 bridgehead atoms. The van der Waals surface area contributed by atoms with Crippen LogP contribution in [0.1, 0.15) is 17.5 Å². The lowest BCUT2D eigenvalue weighted by atomic mass is 10.2. The Bertz CT molecular complexity index is 899. The Labute approximate surface area is 156 Å². The lowest BCUT2D eigenvalue weighted by molar-refractivity contribution is 0.110. The molecule has 1 saturated heterocycles. The molecule has 6 nitrogen and oxygen atoms in total. The molecule has 2 heterocycles. The molecule has 0 saturated carbocycles. The molecule has 26 heavy (non-hydrogen) atoms. The third-order valence-corrected chi connectivity index (χ3v) is 4.55. The Kier molecular flexibility index (Phi) is 4.77. The van der Waals surface area contributed by atoms with Gasteiger partial charge in [-0.15, -0.1) is 5.10 Å². The summed E-state index contributed by atoms with van der Waals surface area (Å²) in [6.07, 6.45) is 1.67. The van der Waals surface area contributed by atoms with Crippen LogP contribution in [0.3, 0.4) is 0 Å². The van der Waals surface area contributed by atoms with Crippen molar-refractivity contribution in [3.05, 3.63) is 71.0 Å². The van der Waals surface area contributed by atoms with Crippen LogP contribution in [0.5, 0.6) is 5.75 Å². The molecule has 1 atom stereocenters. The number of halogens is 1. The first-order valence-corrected chi connectivity index (χ1v) is 8.77. The van der Waals surface area contributed by atoms with Gasteiger partial charge >= 0.3 is 0 Å². The second kappa shape index (κ2) is 7.35. The molecule has 7 heteroatoms. The van der Waals surface area contributed by atoms with Crippen LogP contribution >= 0.6 is 11.6 Å². The first-order chi connectivity index (χ1) is 12.7. The highest BCUT2D eigenvalue weighted by Crippen LogP contribution is 2.32. The molecule has 0 spiro atoms. The van der Waals surface area contributed by atoms with Crippen molar-refractivity contribution >= 4 is 17.3 Å². The average molecular weight is 371 g/mol. The molecule has 3 aromatic rings. The van der Waals surface area contributed by atoms with Crippen LogP contribution in [0.2, 0.25) is 5.02 Å². The minimum Gasteiger partial charge on any atom is -0.497 e. The average Bonchev–Trinajstić information content (AvgIpc) is 3.31. The van der Waals surface area contributed by atoms with E-state index >= 15 is 0 Å². The number of nitrogens with zero attached hydrogens (tertiary/aromatic N) is 4. The van der Waals surface area contributed by atoms with Gasteiger partial charge in [0.05, 0.1) is 26.5 Å². The summed E-state index contributed by atoms with van der Waals surface area (Å²) >= 11 is 6.05. The first kappa shape index (κ1) is 16.9. The van der Waals surface area contributed by atoms with Gasteiger partial charge in [-0.2, -0.15) is 0 Å². The Morgan fingerprint density at radius 2 is 2.12 bits per heavy atom. The van der Waals surface area contributed by atoms with Crippen molar-refractivity contribution in [2.45, 2.75) is 12.8 Å². The van der Waals surface area contributed by atoms with Crippen molar-refractivity contribution in [1.29, 1.82) is 0 Å².